The number of aromatic nitrogens is 2. The van der Waals surface area contributed by atoms with Gasteiger partial charge >= 0.3 is 6.09 Å². The fourth-order valence-electron chi connectivity index (χ4n) is 3.21. The Labute approximate surface area is 201 Å². The Morgan fingerprint density at radius 2 is 1.88 bits per heavy atom. The second-order valence-corrected chi connectivity index (χ2v) is 10.1. The van der Waals surface area contributed by atoms with E-state index in [1.54, 1.807) is 44.6 Å². The van der Waals surface area contributed by atoms with Crippen LogP contribution in [0.1, 0.15) is 60.0 Å². The summed E-state index contributed by atoms with van der Waals surface area (Å²) in [6, 6.07) is 7.37. The van der Waals surface area contributed by atoms with Crippen LogP contribution in [0.4, 0.5) is 10.6 Å². The molecule has 0 aliphatic rings. The van der Waals surface area contributed by atoms with Crippen molar-refractivity contribution in [2.45, 2.75) is 46.1 Å². The quantitative estimate of drug-likeness (QED) is 0.464. The number of ketones is 2. The molecular formula is C24H28N4O5S. The second-order valence-electron chi connectivity index (χ2n) is 8.98. The first-order chi connectivity index (χ1) is 15.9. The van der Waals surface area contributed by atoms with Crippen LogP contribution in [-0.4, -0.2) is 45.3 Å². The number of rotatable bonds is 8. The molecule has 0 fully saturated rings. The first kappa shape index (κ1) is 25.1. The number of thiophene rings is 1. The van der Waals surface area contributed by atoms with E-state index < -0.39 is 11.7 Å². The lowest BCUT2D eigenvalue weighted by Crippen LogP contribution is -2.27. The molecule has 0 radical (unpaired) electrons. The normalized spacial score (nSPS) is 11.3. The third kappa shape index (κ3) is 6.74. The minimum atomic E-state index is -0.646. The number of imidazole rings is 1. The van der Waals surface area contributed by atoms with Crippen LogP contribution in [0.25, 0.3) is 10.1 Å². The minimum Gasteiger partial charge on any atom is -0.444 e. The van der Waals surface area contributed by atoms with Crippen molar-refractivity contribution in [1.82, 2.24) is 14.9 Å². The molecule has 0 atom stereocenters. The third-order valence-corrected chi connectivity index (χ3v) is 5.80. The topological polar surface area (TPSA) is 119 Å². The Morgan fingerprint density at radius 1 is 1.15 bits per heavy atom. The van der Waals surface area contributed by atoms with Gasteiger partial charge in [0.05, 0.1) is 4.88 Å². The van der Waals surface area contributed by atoms with E-state index in [9.17, 15) is 19.2 Å². The molecule has 3 aromatic rings. The number of hydrogen-bond donors (Lipinski definition) is 2. The van der Waals surface area contributed by atoms with Crippen LogP contribution < -0.4 is 10.6 Å². The summed E-state index contributed by atoms with van der Waals surface area (Å²) in [5, 5.41) is 6.14. The van der Waals surface area contributed by atoms with E-state index in [-0.39, 0.29) is 35.5 Å². The molecule has 10 heteroatoms. The van der Waals surface area contributed by atoms with E-state index in [2.05, 4.69) is 15.6 Å². The molecule has 2 N–H and O–H groups in total. The maximum absolute atomic E-state index is 12.9. The number of carbonyl (C=O) groups excluding carboxylic acids is 4. The molecule has 2 heterocycles. The molecule has 0 bridgehead atoms. The lowest BCUT2D eigenvalue weighted by Gasteiger charge is -2.18. The van der Waals surface area contributed by atoms with Crippen molar-refractivity contribution in [1.29, 1.82) is 0 Å². The summed E-state index contributed by atoms with van der Waals surface area (Å²) in [4.78, 5) is 53.0. The van der Waals surface area contributed by atoms with Gasteiger partial charge in [-0.05, 0) is 56.8 Å². The molecule has 2 amide bonds. The van der Waals surface area contributed by atoms with Crippen LogP contribution >= 0.6 is 11.3 Å². The minimum absolute atomic E-state index is 0.0198. The zero-order valence-corrected chi connectivity index (χ0v) is 20.7. The van der Waals surface area contributed by atoms with Crippen LogP contribution in [0.15, 0.2) is 30.5 Å². The number of ether oxygens (including phenoxy) is 1. The predicted octanol–water partition coefficient (Wildman–Crippen LogP) is 4.12. The molecule has 9 nitrogen and oxygen atoms in total. The van der Waals surface area contributed by atoms with Crippen molar-refractivity contribution in [3.05, 3.63) is 46.7 Å². The molecule has 3 rings (SSSR count). The van der Waals surface area contributed by atoms with Gasteiger partial charge in [-0.1, -0.05) is 6.07 Å². The summed E-state index contributed by atoms with van der Waals surface area (Å²) in [5.41, 5.74) is 0.135. The Bertz CT molecular complexity index is 1250. The van der Waals surface area contributed by atoms with Gasteiger partial charge in [-0.25, -0.2) is 9.78 Å². The van der Waals surface area contributed by atoms with Gasteiger partial charge in [0.1, 0.15) is 11.4 Å². The van der Waals surface area contributed by atoms with Crippen molar-refractivity contribution >= 4 is 50.8 Å². The molecule has 0 unspecified atom stereocenters. The largest absolute Gasteiger partial charge is 0.444 e. The number of nitrogens with zero attached hydrogens (tertiary/aromatic N) is 2. The van der Waals surface area contributed by atoms with Gasteiger partial charge in [-0.15, -0.1) is 11.3 Å². The number of nitrogens with one attached hydrogen (secondary N) is 2. The molecule has 180 valence electrons. The Kier molecular flexibility index (Phi) is 7.51. The standard InChI is InChI=1S/C24H28N4O5S/c1-14(29)8-9-25-22(31)19-12-16-10-15(6-7-18(16)34-19)11-17(30)21-26-20(13-28(21)5)27-23(32)33-24(2,3)4/h6-7,10,12-13H,8-9,11H2,1-5H3,(H,25,31)(H,27,32). The van der Waals surface area contributed by atoms with Gasteiger partial charge in [0.25, 0.3) is 5.91 Å². The van der Waals surface area contributed by atoms with Gasteiger partial charge in [-0.3, -0.25) is 19.7 Å². The van der Waals surface area contributed by atoms with E-state index in [1.807, 2.05) is 18.2 Å². The van der Waals surface area contributed by atoms with Crippen molar-refractivity contribution < 1.29 is 23.9 Å². The van der Waals surface area contributed by atoms with Crippen LogP contribution in [0.5, 0.6) is 0 Å². The Morgan fingerprint density at radius 3 is 2.56 bits per heavy atom. The summed E-state index contributed by atoms with van der Waals surface area (Å²) in [5.74, 6) is 0.0249. The summed E-state index contributed by atoms with van der Waals surface area (Å²) in [7, 11) is 1.68. The van der Waals surface area contributed by atoms with E-state index in [4.69, 9.17) is 4.74 Å². The number of benzene rings is 1. The van der Waals surface area contributed by atoms with Gasteiger partial charge in [-0.2, -0.15) is 0 Å². The highest BCUT2D eigenvalue weighted by atomic mass is 32.1. The van der Waals surface area contributed by atoms with Gasteiger partial charge in [0, 0.05) is 37.3 Å². The molecule has 0 saturated heterocycles. The fourth-order valence-corrected chi connectivity index (χ4v) is 4.17. The Balaban J connectivity index is 1.67. The van der Waals surface area contributed by atoms with Crippen molar-refractivity contribution in [2.75, 3.05) is 11.9 Å². The number of amides is 2. The van der Waals surface area contributed by atoms with Crippen LogP contribution in [0.2, 0.25) is 0 Å². The highest BCUT2D eigenvalue weighted by Crippen LogP contribution is 2.27. The summed E-state index contributed by atoms with van der Waals surface area (Å²) >= 11 is 1.35. The molecule has 1 aromatic carbocycles. The van der Waals surface area contributed by atoms with Crippen molar-refractivity contribution in [3.8, 4) is 0 Å². The summed E-state index contributed by atoms with van der Waals surface area (Å²) in [6.07, 6.45) is 1.32. The third-order valence-electron chi connectivity index (χ3n) is 4.69. The van der Waals surface area contributed by atoms with E-state index >= 15 is 0 Å². The number of anilines is 1. The highest BCUT2D eigenvalue weighted by molar-refractivity contribution is 7.20. The van der Waals surface area contributed by atoms with Gasteiger partial charge < -0.3 is 14.6 Å². The molecule has 0 aliphatic heterocycles. The first-order valence-electron chi connectivity index (χ1n) is 10.8. The fraction of sp³-hybridized carbons (Fsp3) is 0.375. The average Bonchev–Trinajstić information content (AvgIpc) is 3.29. The van der Waals surface area contributed by atoms with Gasteiger partial charge in [0.2, 0.25) is 5.78 Å². The Hall–Kier alpha value is -3.53. The smallest absolute Gasteiger partial charge is 0.413 e. The molecule has 2 aromatic heterocycles. The first-order valence-corrected chi connectivity index (χ1v) is 11.6. The molecule has 0 saturated carbocycles. The molecule has 34 heavy (non-hydrogen) atoms. The zero-order chi connectivity index (χ0) is 25.0. The van der Waals surface area contributed by atoms with Crippen molar-refractivity contribution in [3.63, 3.8) is 0 Å². The number of fused-ring (bicyclic) bond motifs is 1. The zero-order valence-electron chi connectivity index (χ0n) is 19.9. The SMILES string of the molecule is CC(=O)CCNC(=O)c1cc2cc(CC(=O)c3nc(NC(=O)OC(C)(C)C)cn3C)ccc2s1. The second kappa shape index (κ2) is 10.2. The predicted molar refractivity (Wildman–Crippen MR) is 131 cm³/mol. The number of Topliss-reactive ketones (excluding diaryl/α,β-unsaturated/α-hetero) is 2. The number of aryl methyl sites for hydroxylation is 1. The lowest BCUT2D eigenvalue weighted by molar-refractivity contribution is -0.116. The van der Waals surface area contributed by atoms with E-state index in [0.717, 1.165) is 15.6 Å². The lowest BCUT2D eigenvalue weighted by atomic mass is 10.1. The maximum Gasteiger partial charge on any atom is 0.413 e. The number of carbonyl (C=O) groups is 4. The average molecular weight is 485 g/mol. The number of hydrogen-bond acceptors (Lipinski definition) is 7. The van der Waals surface area contributed by atoms with Crippen molar-refractivity contribution in [2.24, 2.45) is 7.05 Å². The van der Waals surface area contributed by atoms with Crippen LogP contribution in [-0.2, 0) is 23.0 Å². The molecular weight excluding hydrogens is 456 g/mol. The van der Waals surface area contributed by atoms with E-state index in [0.29, 0.717) is 17.8 Å². The summed E-state index contributed by atoms with van der Waals surface area (Å²) < 4.78 is 7.69. The molecule has 0 spiro atoms. The van der Waals surface area contributed by atoms with E-state index in [1.165, 1.54) is 18.3 Å². The van der Waals surface area contributed by atoms with Crippen LogP contribution in [0.3, 0.4) is 0 Å². The maximum atomic E-state index is 12.9. The molecule has 0 aliphatic carbocycles. The summed E-state index contributed by atoms with van der Waals surface area (Å²) in [6.45, 7) is 7.06. The van der Waals surface area contributed by atoms with Gasteiger partial charge in [0.15, 0.2) is 11.6 Å². The van der Waals surface area contributed by atoms with Crippen LogP contribution in [0, 0.1) is 0 Å². The highest BCUT2D eigenvalue weighted by Gasteiger charge is 2.20. The monoisotopic (exact) mass is 484 g/mol.